The fraction of sp³-hybridized carbons (Fsp3) is 0. The van der Waals surface area contributed by atoms with Crippen molar-refractivity contribution in [1.82, 2.24) is 10.3 Å². The van der Waals surface area contributed by atoms with Crippen LogP contribution in [0.3, 0.4) is 0 Å². The molecular weight excluding hydrogens is 264 g/mol. The van der Waals surface area contributed by atoms with Gasteiger partial charge in [0.15, 0.2) is 5.75 Å². The summed E-state index contributed by atoms with van der Waals surface area (Å²) in [6, 6.07) is 12.7. The molecule has 8 heteroatoms. The summed E-state index contributed by atoms with van der Waals surface area (Å²) in [5.41, 5.74) is 1.00. The molecule has 0 aliphatic rings. The minimum absolute atomic E-state index is 0.262. The number of phenolic OH excluding ortho intramolecular Hbond substituents is 1. The van der Waals surface area contributed by atoms with Crippen molar-refractivity contribution in [2.75, 3.05) is 0 Å². The molecule has 0 aliphatic heterocycles. The molecule has 1 heterocycles. The van der Waals surface area contributed by atoms with E-state index in [-0.39, 0.29) is 11.4 Å². The van der Waals surface area contributed by atoms with E-state index < -0.39 is 4.92 Å². The molecule has 0 saturated carbocycles. The smallest absolute Gasteiger partial charge is 0.310 e. The van der Waals surface area contributed by atoms with Crippen LogP contribution in [-0.2, 0) is 0 Å². The second kappa shape index (κ2) is 5.65. The summed E-state index contributed by atoms with van der Waals surface area (Å²) in [6.07, 6.45) is 0. The number of H-pyrrole nitrogens is 1. The van der Waals surface area contributed by atoms with E-state index in [1.807, 2.05) is 6.07 Å². The number of aromatic nitrogens is 3. The summed E-state index contributed by atoms with van der Waals surface area (Å²) in [7, 11) is 0. The molecule has 102 valence electrons. The lowest BCUT2D eigenvalue weighted by molar-refractivity contribution is -0.644. The third-order valence-corrected chi connectivity index (χ3v) is 2.44. The summed E-state index contributed by atoms with van der Waals surface area (Å²) in [6.45, 7) is 0. The van der Waals surface area contributed by atoms with Gasteiger partial charge < -0.3 is 10.3 Å². The first-order valence-electron chi connectivity index (χ1n) is 5.54. The Bertz CT molecular complexity index is 741. The molecule has 0 spiro atoms. The topological polar surface area (TPSA) is 119 Å². The second-order valence-corrected chi connectivity index (χ2v) is 3.74. The maximum atomic E-state index is 10.8. The van der Waals surface area contributed by atoms with Crippen LogP contribution < -0.4 is 4.85 Å². The highest BCUT2D eigenvalue weighted by Gasteiger charge is 2.09. The largest absolute Gasteiger partial charge is 0.692 e. The number of aromatic amines is 1. The van der Waals surface area contributed by atoms with Crippen LogP contribution in [0.4, 0.5) is 5.69 Å². The molecule has 20 heavy (non-hydrogen) atoms. The van der Waals surface area contributed by atoms with E-state index in [0.717, 1.165) is 0 Å². The third-order valence-electron chi connectivity index (χ3n) is 2.44. The lowest BCUT2D eigenvalue weighted by Gasteiger charge is -1.91. The Hall–Kier alpha value is -3.16. The van der Waals surface area contributed by atoms with Crippen molar-refractivity contribution in [1.29, 1.82) is 0 Å². The van der Waals surface area contributed by atoms with Crippen molar-refractivity contribution in [3.05, 3.63) is 63.9 Å². The molecule has 0 amide bonds. The molecule has 0 unspecified atom stereocenters. The Labute approximate surface area is 112 Å². The number of nitrogens with zero attached hydrogens (tertiary/aromatic N) is 3. The number of fused-ring (bicyclic) bond motifs is 1. The first-order valence-corrected chi connectivity index (χ1v) is 5.54. The molecule has 0 saturated heterocycles. The zero-order valence-electron chi connectivity index (χ0n) is 10.1. The predicted molar refractivity (Wildman–Crippen MR) is 69.8 cm³/mol. The van der Waals surface area contributed by atoms with Crippen LogP contribution >= 0.6 is 0 Å². The van der Waals surface area contributed by atoms with Gasteiger partial charge in [0.2, 0.25) is 11.0 Å². The molecular formula is C12H10N4O4. The first kappa shape index (κ1) is 13.3. The minimum Gasteiger partial charge on any atom is -0.692 e. The van der Waals surface area contributed by atoms with Gasteiger partial charge in [-0.3, -0.25) is 10.1 Å². The number of nitro benzene ring substituents is 1. The van der Waals surface area contributed by atoms with Gasteiger partial charge in [-0.1, -0.05) is 29.5 Å². The summed E-state index contributed by atoms with van der Waals surface area (Å²) in [5.74, 6) is -0.299. The molecule has 0 aliphatic carbocycles. The quantitative estimate of drug-likeness (QED) is 0.301. The van der Waals surface area contributed by atoms with Gasteiger partial charge in [-0.05, 0) is 18.2 Å². The Balaban J connectivity index is 0.000000147. The highest BCUT2D eigenvalue weighted by atomic mass is 16.6. The third kappa shape index (κ3) is 2.80. The van der Waals surface area contributed by atoms with Gasteiger partial charge in [-0.25, -0.2) is 0 Å². The zero-order chi connectivity index (χ0) is 14.5. The molecule has 3 rings (SSSR count). The van der Waals surface area contributed by atoms with E-state index in [0.29, 0.717) is 15.9 Å². The Morgan fingerprint density at radius 1 is 1.15 bits per heavy atom. The number of phenols is 1. The molecule has 3 aromatic rings. The maximum Gasteiger partial charge on any atom is 0.310 e. The maximum absolute atomic E-state index is 10.8. The summed E-state index contributed by atoms with van der Waals surface area (Å²) in [5, 5.41) is 35.7. The molecule has 0 bridgehead atoms. The molecule has 1 aromatic heterocycles. The SMILES string of the molecule is O=[N+]([O-])c1ccccc1O.[O-][n+]1[nH]nc2ccccc21. The molecule has 0 atom stereocenters. The summed E-state index contributed by atoms with van der Waals surface area (Å²) in [4.78, 5) is 10.1. The predicted octanol–water partition coefficient (Wildman–Crippen LogP) is 1.50. The summed E-state index contributed by atoms with van der Waals surface area (Å²) >= 11 is 0. The van der Waals surface area contributed by atoms with Gasteiger partial charge in [-0.15, -0.1) is 0 Å². The average molecular weight is 274 g/mol. The Kier molecular flexibility index (Phi) is 3.75. The standard InChI is InChI=1S/C6H5N3O.C6H5NO3/c10-9-6-4-2-1-3-5(6)7-8-9;8-6-4-2-1-3-5(6)7(9)10/h2*1-4,8H. The van der Waals surface area contributed by atoms with E-state index in [4.69, 9.17) is 5.11 Å². The molecule has 2 aromatic carbocycles. The van der Waals surface area contributed by atoms with Crippen molar-refractivity contribution in [3.8, 4) is 5.75 Å². The van der Waals surface area contributed by atoms with Gasteiger partial charge in [0, 0.05) is 11.2 Å². The van der Waals surface area contributed by atoms with Crippen LogP contribution in [-0.4, -0.2) is 20.3 Å². The highest BCUT2D eigenvalue weighted by molar-refractivity contribution is 5.69. The molecule has 0 fully saturated rings. The molecule has 0 radical (unpaired) electrons. The van der Waals surface area contributed by atoms with Crippen molar-refractivity contribution >= 4 is 16.7 Å². The van der Waals surface area contributed by atoms with Crippen molar-refractivity contribution in [3.63, 3.8) is 0 Å². The van der Waals surface area contributed by atoms with Crippen molar-refractivity contribution < 1.29 is 14.9 Å². The van der Waals surface area contributed by atoms with E-state index >= 15 is 0 Å². The van der Waals surface area contributed by atoms with Gasteiger partial charge in [0.25, 0.3) is 0 Å². The second-order valence-electron chi connectivity index (χ2n) is 3.74. The average Bonchev–Trinajstić information content (AvgIpc) is 2.82. The van der Waals surface area contributed by atoms with E-state index in [1.54, 1.807) is 18.2 Å². The fourth-order valence-electron chi connectivity index (χ4n) is 1.50. The van der Waals surface area contributed by atoms with Crippen LogP contribution in [0.1, 0.15) is 0 Å². The lowest BCUT2D eigenvalue weighted by Crippen LogP contribution is -2.27. The Morgan fingerprint density at radius 3 is 2.40 bits per heavy atom. The number of benzene rings is 2. The van der Waals surface area contributed by atoms with Crippen LogP contribution in [0.25, 0.3) is 11.0 Å². The van der Waals surface area contributed by atoms with Gasteiger partial charge in [-0.2, -0.15) is 4.85 Å². The normalized spacial score (nSPS) is 9.80. The Morgan fingerprint density at radius 2 is 1.80 bits per heavy atom. The van der Waals surface area contributed by atoms with Crippen molar-refractivity contribution in [2.24, 2.45) is 0 Å². The number of aromatic hydroxyl groups is 1. The van der Waals surface area contributed by atoms with Crippen LogP contribution in [0, 0.1) is 15.3 Å². The van der Waals surface area contributed by atoms with Crippen molar-refractivity contribution in [2.45, 2.75) is 0 Å². The number of rotatable bonds is 1. The molecule has 2 N–H and O–H groups in total. The number of nitro groups is 1. The van der Waals surface area contributed by atoms with Crippen LogP contribution in [0.5, 0.6) is 5.75 Å². The lowest BCUT2D eigenvalue weighted by atomic mass is 10.3. The highest BCUT2D eigenvalue weighted by Crippen LogP contribution is 2.23. The molecule has 8 nitrogen and oxygen atoms in total. The van der Waals surface area contributed by atoms with E-state index in [1.165, 1.54) is 24.3 Å². The van der Waals surface area contributed by atoms with Gasteiger partial charge in [0.1, 0.15) is 0 Å². The fourth-order valence-corrected chi connectivity index (χ4v) is 1.50. The summed E-state index contributed by atoms with van der Waals surface area (Å²) < 4.78 is 0. The number of hydrogen-bond acceptors (Lipinski definition) is 5. The zero-order valence-corrected chi connectivity index (χ0v) is 10.1. The number of para-hydroxylation sites is 4. The van der Waals surface area contributed by atoms with Crippen LogP contribution in [0.2, 0.25) is 0 Å². The number of nitrogens with one attached hydrogen (secondary N) is 1. The minimum atomic E-state index is -0.630. The van der Waals surface area contributed by atoms with E-state index in [2.05, 4.69) is 10.3 Å². The van der Waals surface area contributed by atoms with E-state index in [9.17, 15) is 15.3 Å². The van der Waals surface area contributed by atoms with Crippen LogP contribution in [0.15, 0.2) is 48.5 Å². The number of hydrogen-bond donors (Lipinski definition) is 2. The van der Waals surface area contributed by atoms with Gasteiger partial charge >= 0.3 is 5.69 Å². The van der Waals surface area contributed by atoms with Gasteiger partial charge in [0.05, 0.1) is 4.92 Å². The first-order chi connectivity index (χ1) is 9.59. The monoisotopic (exact) mass is 274 g/mol.